The van der Waals surface area contributed by atoms with Crippen molar-refractivity contribution in [2.75, 3.05) is 12.3 Å². The Bertz CT molecular complexity index is 1200. The first-order valence-corrected chi connectivity index (χ1v) is 12.4. The second kappa shape index (κ2) is 12.2. The van der Waals surface area contributed by atoms with E-state index in [0.29, 0.717) is 27.9 Å². The van der Waals surface area contributed by atoms with Crippen LogP contribution in [0, 0.1) is 5.82 Å². The molecule has 4 rings (SSSR count). The fourth-order valence-electron chi connectivity index (χ4n) is 3.23. The van der Waals surface area contributed by atoms with Crippen molar-refractivity contribution in [3.8, 4) is 11.4 Å². The molecule has 0 unspecified atom stereocenters. The topological polar surface area (TPSA) is 64.9 Å². The number of hydrogen-bond acceptors (Lipinski definition) is 6. The monoisotopic (exact) mass is 517 g/mol. The predicted molar refractivity (Wildman–Crippen MR) is 133 cm³/mol. The average molecular weight is 518 g/mol. The van der Waals surface area contributed by atoms with Gasteiger partial charge in [0.25, 0.3) is 0 Å². The molecule has 3 aromatic carbocycles. The summed E-state index contributed by atoms with van der Waals surface area (Å²) in [5.41, 5.74) is 2.15. The van der Waals surface area contributed by atoms with Crippen molar-refractivity contribution in [2.45, 2.75) is 24.7 Å². The molecule has 10 heteroatoms. The molecule has 0 radical (unpaired) electrons. The molecule has 0 aliphatic carbocycles. The van der Waals surface area contributed by atoms with Gasteiger partial charge in [0.15, 0.2) is 0 Å². The van der Waals surface area contributed by atoms with Gasteiger partial charge in [0, 0.05) is 28.4 Å². The Hall–Kier alpha value is -2.65. The molecule has 0 aliphatic rings. The molecule has 4 aromatic rings. The Kier molecular flexibility index (Phi) is 8.76. The Morgan fingerprint density at radius 2 is 1.88 bits per heavy atom. The van der Waals surface area contributed by atoms with Crippen LogP contribution in [0.4, 0.5) is 4.39 Å². The third-order valence-corrected chi connectivity index (χ3v) is 6.54. The highest BCUT2D eigenvalue weighted by molar-refractivity contribution is 7.99. The fraction of sp³-hybridized carbons (Fsp3) is 0.208. The van der Waals surface area contributed by atoms with E-state index in [1.54, 1.807) is 40.7 Å². The number of benzene rings is 3. The Morgan fingerprint density at radius 1 is 1.03 bits per heavy atom. The van der Waals surface area contributed by atoms with Gasteiger partial charge in [-0.2, -0.15) is 4.68 Å². The van der Waals surface area contributed by atoms with Gasteiger partial charge < -0.3 is 10.1 Å². The maximum absolute atomic E-state index is 14.0. The number of halogens is 3. The molecule has 6 nitrogen and oxygen atoms in total. The lowest BCUT2D eigenvalue weighted by Crippen LogP contribution is -2.16. The lowest BCUT2D eigenvalue weighted by molar-refractivity contribution is 0.296. The third-order valence-electron chi connectivity index (χ3n) is 4.94. The van der Waals surface area contributed by atoms with Gasteiger partial charge in [-0.1, -0.05) is 59.2 Å². The lowest BCUT2D eigenvalue weighted by atomic mass is 10.2. The molecule has 1 N–H and O–H groups in total. The van der Waals surface area contributed by atoms with Crippen LogP contribution in [-0.2, 0) is 13.2 Å². The summed E-state index contributed by atoms with van der Waals surface area (Å²) >= 11 is 13.9. The maximum Gasteiger partial charge on any atom is 0.214 e. The van der Waals surface area contributed by atoms with Crippen molar-refractivity contribution in [1.29, 1.82) is 0 Å². The molecule has 0 fully saturated rings. The zero-order valence-corrected chi connectivity index (χ0v) is 20.5. The highest BCUT2D eigenvalue weighted by Crippen LogP contribution is 2.26. The van der Waals surface area contributed by atoms with Gasteiger partial charge in [0.2, 0.25) is 5.16 Å². The van der Waals surface area contributed by atoms with Gasteiger partial charge in [-0.05, 0) is 65.9 Å². The lowest BCUT2D eigenvalue weighted by Gasteiger charge is -2.14. The first-order chi connectivity index (χ1) is 16.6. The highest BCUT2D eigenvalue weighted by atomic mass is 35.5. The molecule has 1 heterocycles. The molecule has 0 atom stereocenters. The highest BCUT2D eigenvalue weighted by Gasteiger charge is 2.11. The van der Waals surface area contributed by atoms with Crippen molar-refractivity contribution in [3.63, 3.8) is 0 Å². The number of nitrogens with zero attached hydrogens (tertiary/aromatic N) is 4. The SMILES string of the molecule is Fc1cccc(Cl)c1COc1ccc(Cl)cc1CNCCCSc1nnnn1-c1ccccc1. The molecule has 0 aliphatic heterocycles. The molecule has 1 aromatic heterocycles. The standard InChI is InChI=1S/C24H22Cl2FN5OS/c25-18-10-11-23(33-16-20-21(26)8-4-9-22(20)27)17(14-18)15-28-12-5-13-34-24-29-30-31-32(24)19-6-2-1-3-7-19/h1-4,6-11,14,28H,5,12-13,15-16H2. The van der Waals surface area contributed by atoms with Crippen LogP contribution in [0.25, 0.3) is 5.69 Å². The Morgan fingerprint density at radius 3 is 2.71 bits per heavy atom. The van der Waals surface area contributed by atoms with Gasteiger partial charge >= 0.3 is 0 Å². The number of ether oxygens (including phenoxy) is 1. The van der Waals surface area contributed by atoms with E-state index in [-0.39, 0.29) is 6.61 Å². The number of aromatic nitrogens is 4. The van der Waals surface area contributed by atoms with Crippen LogP contribution in [-0.4, -0.2) is 32.5 Å². The van der Waals surface area contributed by atoms with Crippen LogP contribution < -0.4 is 10.1 Å². The van der Waals surface area contributed by atoms with Crippen LogP contribution in [0.5, 0.6) is 5.75 Å². The molecule has 0 spiro atoms. The van der Waals surface area contributed by atoms with E-state index in [2.05, 4.69) is 20.8 Å². The number of tetrazole rings is 1. The second-order valence-corrected chi connectivity index (χ2v) is 9.23. The van der Waals surface area contributed by atoms with Crippen molar-refractivity contribution < 1.29 is 9.13 Å². The van der Waals surface area contributed by atoms with Gasteiger partial charge in [-0.3, -0.25) is 0 Å². The number of rotatable bonds is 11. The number of thioether (sulfide) groups is 1. The Labute approximate surface area is 211 Å². The van der Waals surface area contributed by atoms with Crippen molar-refractivity contribution in [2.24, 2.45) is 0 Å². The van der Waals surface area contributed by atoms with Crippen molar-refractivity contribution in [1.82, 2.24) is 25.5 Å². The normalized spacial score (nSPS) is 11.0. The largest absolute Gasteiger partial charge is 0.488 e. The minimum absolute atomic E-state index is 0.0346. The molecule has 0 amide bonds. The van der Waals surface area contributed by atoms with Crippen LogP contribution >= 0.6 is 35.0 Å². The summed E-state index contributed by atoms with van der Waals surface area (Å²) in [6, 6.07) is 19.7. The maximum atomic E-state index is 14.0. The number of hydrogen-bond donors (Lipinski definition) is 1. The van der Waals surface area contributed by atoms with E-state index in [4.69, 9.17) is 27.9 Å². The predicted octanol–water partition coefficient (Wildman–Crippen LogP) is 5.96. The van der Waals surface area contributed by atoms with Crippen LogP contribution in [0.3, 0.4) is 0 Å². The second-order valence-electron chi connectivity index (χ2n) is 7.33. The van der Waals surface area contributed by atoms with Crippen LogP contribution in [0.1, 0.15) is 17.5 Å². The molecular weight excluding hydrogens is 496 g/mol. The van der Waals surface area contributed by atoms with E-state index in [9.17, 15) is 4.39 Å². The summed E-state index contributed by atoms with van der Waals surface area (Å²) in [4.78, 5) is 0. The molecule has 34 heavy (non-hydrogen) atoms. The molecular formula is C24H22Cl2FN5OS. The van der Waals surface area contributed by atoms with Crippen LogP contribution in [0.15, 0.2) is 71.9 Å². The van der Waals surface area contributed by atoms with E-state index in [0.717, 1.165) is 35.1 Å². The summed E-state index contributed by atoms with van der Waals surface area (Å²) in [5.74, 6) is 1.09. The van der Waals surface area contributed by atoms with Gasteiger partial charge in [0.1, 0.15) is 18.2 Å². The minimum atomic E-state index is -0.392. The van der Waals surface area contributed by atoms with Gasteiger partial charge in [-0.25, -0.2) is 4.39 Å². The molecule has 0 saturated heterocycles. The summed E-state index contributed by atoms with van der Waals surface area (Å²) in [6.45, 7) is 1.38. The molecule has 176 valence electrons. The quantitative estimate of drug-likeness (QED) is 0.195. The first-order valence-electron chi connectivity index (χ1n) is 10.6. The van der Waals surface area contributed by atoms with E-state index < -0.39 is 5.82 Å². The Balaban J connectivity index is 1.26. The van der Waals surface area contributed by atoms with Crippen molar-refractivity contribution in [3.05, 3.63) is 93.7 Å². The summed E-state index contributed by atoms with van der Waals surface area (Å²) in [5, 5.41) is 17.1. The van der Waals surface area contributed by atoms with E-state index in [1.807, 2.05) is 36.4 Å². The molecule has 0 bridgehead atoms. The summed E-state index contributed by atoms with van der Waals surface area (Å²) in [7, 11) is 0. The minimum Gasteiger partial charge on any atom is -0.488 e. The smallest absolute Gasteiger partial charge is 0.214 e. The van der Waals surface area contributed by atoms with Crippen LogP contribution in [0.2, 0.25) is 10.0 Å². The van der Waals surface area contributed by atoms with Gasteiger partial charge in [0.05, 0.1) is 10.7 Å². The first kappa shape index (κ1) is 24.5. The van der Waals surface area contributed by atoms with Gasteiger partial charge in [-0.15, -0.1) is 5.10 Å². The third kappa shape index (κ3) is 6.48. The van der Waals surface area contributed by atoms with E-state index >= 15 is 0 Å². The van der Waals surface area contributed by atoms with Crippen molar-refractivity contribution >= 4 is 35.0 Å². The fourth-order valence-corrected chi connectivity index (χ4v) is 4.47. The summed E-state index contributed by atoms with van der Waals surface area (Å²) < 4.78 is 21.7. The zero-order valence-electron chi connectivity index (χ0n) is 18.1. The summed E-state index contributed by atoms with van der Waals surface area (Å²) in [6.07, 6.45) is 0.911. The average Bonchev–Trinajstić information content (AvgIpc) is 3.31. The zero-order chi connectivity index (χ0) is 23.8. The van der Waals surface area contributed by atoms with E-state index in [1.165, 1.54) is 6.07 Å². The number of para-hydroxylation sites is 1. The molecule has 0 saturated carbocycles. The number of nitrogens with one attached hydrogen (secondary N) is 1.